The molecule has 1 saturated carbocycles. The zero-order chi connectivity index (χ0) is 9.84. The smallest absolute Gasteiger partial charge is 0.104 e. The van der Waals surface area contributed by atoms with Crippen molar-refractivity contribution in [3.63, 3.8) is 0 Å². The van der Waals surface area contributed by atoms with Gasteiger partial charge >= 0.3 is 0 Å². The van der Waals surface area contributed by atoms with E-state index in [-0.39, 0.29) is 0 Å². The minimum Gasteiger partial charge on any atom is -0.388 e. The van der Waals surface area contributed by atoms with Crippen LogP contribution in [0.2, 0.25) is 0 Å². The number of rotatable bonds is 3. The minimum absolute atomic E-state index is 0.376. The maximum Gasteiger partial charge on any atom is 0.104 e. The van der Waals surface area contributed by atoms with Gasteiger partial charge in [-0.2, -0.15) is 0 Å². The Balaban J connectivity index is 2.50. The van der Waals surface area contributed by atoms with Gasteiger partial charge in [-0.05, 0) is 30.6 Å². The molecule has 0 saturated heterocycles. The fourth-order valence-electron chi connectivity index (χ4n) is 2.43. The van der Waals surface area contributed by atoms with Gasteiger partial charge in [-0.25, -0.2) is 0 Å². The molecule has 3 unspecified atom stereocenters. The van der Waals surface area contributed by atoms with E-state index in [0.717, 1.165) is 17.8 Å². The Hall–Kier alpha value is 0.0249. The minimum atomic E-state index is 0.376. The molecule has 2 heteroatoms. The van der Waals surface area contributed by atoms with Gasteiger partial charge in [0.25, 0.3) is 0 Å². The Morgan fingerprint density at radius 2 is 2.08 bits per heavy atom. The molecule has 3 atom stereocenters. The molecule has 1 rings (SSSR count). The van der Waals surface area contributed by atoms with Crippen molar-refractivity contribution in [1.29, 1.82) is 0 Å². The standard InChI is InChI=1S/C11H21BO/c1-8(2)10-5-4-9(3)6-11(10)13-7-12/h8-11H,4-7H2,1-3H3. The van der Waals surface area contributed by atoms with Gasteiger partial charge in [0.15, 0.2) is 0 Å². The molecule has 0 spiro atoms. The summed E-state index contributed by atoms with van der Waals surface area (Å²) in [4.78, 5) is 0. The molecule has 0 bridgehead atoms. The third-order valence-corrected chi connectivity index (χ3v) is 3.27. The van der Waals surface area contributed by atoms with Crippen LogP contribution in [-0.2, 0) is 4.74 Å². The van der Waals surface area contributed by atoms with Crippen LogP contribution in [0.3, 0.4) is 0 Å². The van der Waals surface area contributed by atoms with Crippen LogP contribution in [-0.4, -0.2) is 20.5 Å². The maximum absolute atomic E-state index is 5.60. The van der Waals surface area contributed by atoms with Gasteiger partial charge in [0.2, 0.25) is 0 Å². The first-order valence-corrected chi connectivity index (χ1v) is 5.46. The fourth-order valence-corrected chi connectivity index (χ4v) is 2.43. The second-order valence-corrected chi connectivity index (χ2v) is 4.70. The van der Waals surface area contributed by atoms with Gasteiger partial charge in [0, 0.05) is 6.51 Å². The summed E-state index contributed by atoms with van der Waals surface area (Å²) in [5.74, 6) is 2.26. The highest BCUT2D eigenvalue weighted by molar-refractivity contribution is 6.08. The number of hydrogen-bond acceptors (Lipinski definition) is 1. The Bertz CT molecular complexity index is 147. The van der Waals surface area contributed by atoms with Crippen LogP contribution in [0.15, 0.2) is 0 Å². The number of ether oxygens (including phenoxy) is 1. The molecule has 0 amide bonds. The van der Waals surface area contributed by atoms with E-state index in [9.17, 15) is 0 Å². The molecule has 0 aromatic carbocycles. The van der Waals surface area contributed by atoms with Gasteiger partial charge in [-0.1, -0.05) is 27.2 Å². The van der Waals surface area contributed by atoms with Crippen LogP contribution in [0.1, 0.15) is 40.0 Å². The molecule has 1 aliphatic carbocycles. The van der Waals surface area contributed by atoms with Crippen LogP contribution < -0.4 is 0 Å². The van der Waals surface area contributed by atoms with Crippen molar-refractivity contribution in [2.45, 2.75) is 46.1 Å². The first-order valence-electron chi connectivity index (χ1n) is 5.46. The van der Waals surface area contributed by atoms with Crippen molar-refractivity contribution in [2.75, 3.05) is 6.51 Å². The SMILES string of the molecule is [B]COC1CC(C)CCC1C(C)C. The molecule has 0 heterocycles. The van der Waals surface area contributed by atoms with Crippen LogP contribution in [0, 0.1) is 17.8 Å². The summed E-state index contributed by atoms with van der Waals surface area (Å²) >= 11 is 0. The van der Waals surface area contributed by atoms with E-state index in [0.29, 0.717) is 12.6 Å². The molecular formula is C11H21BO. The van der Waals surface area contributed by atoms with Crippen molar-refractivity contribution >= 4 is 7.85 Å². The van der Waals surface area contributed by atoms with Gasteiger partial charge in [-0.15, -0.1) is 0 Å². The summed E-state index contributed by atoms with van der Waals surface area (Å²) < 4.78 is 5.60. The topological polar surface area (TPSA) is 9.23 Å². The second-order valence-electron chi connectivity index (χ2n) is 4.70. The first kappa shape index (κ1) is 11.1. The zero-order valence-electron chi connectivity index (χ0n) is 9.12. The fraction of sp³-hybridized carbons (Fsp3) is 1.00. The molecule has 1 aliphatic rings. The summed E-state index contributed by atoms with van der Waals surface area (Å²) in [5.41, 5.74) is 0. The second kappa shape index (κ2) is 5.04. The normalized spacial score (nSPS) is 35.2. The van der Waals surface area contributed by atoms with E-state index in [2.05, 4.69) is 20.8 Å². The van der Waals surface area contributed by atoms with Crippen molar-refractivity contribution in [1.82, 2.24) is 0 Å². The molecule has 1 fully saturated rings. The predicted molar refractivity (Wildman–Crippen MR) is 56.8 cm³/mol. The molecule has 1 nitrogen and oxygen atoms in total. The summed E-state index contributed by atoms with van der Waals surface area (Å²) in [5, 5.41) is 0. The lowest BCUT2D eigenvalue weighted by Gasteiger charge is -2.37. The lowest BCUT2D eigenvalue weighted by atomic mass is 9.75. The summed E-state index contributed by atoms with van der Waals surface area (Å²) in [6.45, 7) is 7.26. The Morgan fingerprint density at radius 1 is 1.38 bits per heavy atom. The Labute approximate surface area is 83.6 Å². The predicted octanol–water partition coefficient (Wildman–Crippen LogP) is 2.59. The largest absolute Gasteiger partial charge is 0.388 e. The van der Waals surface area contributed by atoms with Crippen LogP contribution in [0.25, 0.3) is 0 Å². The highest BCUT2D eigenvalue weighted by atomic mass is 16.5. The molecular weight excluding hydrogens is 159 g/mol. The first-order chi connectivity index (χ1) is 6.15. The van der Waals surface area contributed by atoms with Crippen LogP contribution in [0.4, 0.5) is 0 Å². The molecule has 0 aliphatic heterocycles. The molecule has 0 N–H and O–H groups in total. The molecule has 0 aromatic rings. The van der Waals surface area contributed by atoms with E-state index in [1.165, 1.54) is 19.3 Å². The van der Waals surface area contributed by atoms with Gasteiger partial charge in [0.05, 0.1) is 6.10 Å². The third kappa shape index (κ3) is 3.01. The van der Waals surface area contributed by atoms with E-state index >= 15 is 0 Å². The van der Waals surface area contributed by atoms with E-state index in [1.807, 2.05) is 0 Å². The van der Waals surface area contributed by atoms with Crippen molar-refractivity contribution in [3.05, 3.63) is 0 Å². The van der Waals surface area contributed by atoms with Crippen molar-refractivity contribution in [3.8, 4) is 0 Å². The van der Waals surface area contributed by atoms with Crippen LogP contribution >= 0.6 is 0 Å². The Kier molecular flexibility index (Phi) is 4.31. The quantitative estimate of drug-likeness (QED) is 0.606. The van der Waals surface area contributed by atoms with Crippen LogP contribution in [0.5, 0.6) is 0 Å². The highest BCUT2D eigenvalue weighted by Crippen LogP contribution is 2.34. The van der Waals surface area contributed by atoms with Gasteiger partial charge in [-0.3, -0.25) is 0 Å². The van der Waals surface area contributed by atoms with Crippen molar-refractivity contribution in [2.24, 2.45) is 17.8 Å². The molecule has 0 aromatic heterocycles. The van der Waals surface area contributed by atoms with Gasteiger partial charge in [0.1, 0.15) is 7.85 Å². The lowest BCUT2D eigenvalue weighted by molar-refractivity contribution is -0.0189. The zero-order valence-corrected chi connectivity index (χ0v) is 9.12. The summed E-state index contributed by atoms with van der Waals surface area (Å²) in [6, 6.07) is 0. The van der Waals surface area contributed by atoms with Crippen molar-refractivity contribution < 1.29 is 4.74 Å². The highest BCUT2D eigenvalue weighted by Gasteiger charge is 2.30. The average Bonchev–Trinajstić information content (AvgIpc) is 2.04. The third-order valence-electron chi connectivity index (χ3n) is 3.27. The molecule has 13 heavy (non-hydrogen) atoms. The average molecular weight is 180 g/mol. The molecule has 74 valence electrons. The summed E-state index contributed by atoms with van der Waals surface area (Å²) in [6.07, 6.45) is 4.27. The molecule has 2 radical (unpaired) electrons. The van der Waals surface area contributed by atoms with E-state index < -0.39 is 0 Å². The maximum atomic E-state index is 5.60. The lowest BCUT2D eigenvalue weighted by Crippen LogP contribution is -2.34. The number of hydrogen-bond donors (Lipinski definition) is 0. The summed E-state index contributed by atoms with van der Waals surface area (Å²) in [7, 11) is 5.44. The van der Waals surface area contributed by atoms with E-state index in [1.54, 1.807) is 0 Å². The Morgan fingerprint density at radius 3 is 2.62 bits per heavy atom. The van der Waals surface area contributed by atoms with E-state index in [4.69, 9.17) is 12.6 Å². The van der Waals surface area contributed by atoms with Gasteiger partial charge < -0.3 is 4.74 Å². The monoisotopic (exact) mass is 180 g/mol.